The van der Waals surface area contributed by atoms with Crippen LogP contribution < -0.4 is 10.6 Å². The molecule has 1 aromatic carbocycles. The molecule has 0 aromatic heterocycles. The third-order valence-electron chi connectivity index (χ3n) is 1.94. The summed E-state index contributed by atoms with van der Waals surface area (Å²) >= 11 is 0. The fourth-order valence-corrected chi connectivity index (χ4v) is 1.14. The van der Waals surface area contributed by atoms with E-state index in [4.69, 9.17) is 0 Å². The van der Waals surface area contributed by atoms with E-state index in [9.17, 15) is 13.6 Å². The van der Waals surface area contributed by atoms with Gasteiger partial charge in [0, 0.05) is 12.6 Å². The summed E-state index contributed by atoms with van der Waals surface area (Å²) in [4.78, 5) is 11.2. The lowest BCUT2D eigenvalue weighted by molar-refractivity contribution is -0.119. The molecule has 2 N–H and O–H groups in total. The Kier molecular flexibility index (Phi) is 4.69. The first-order valence-corrected chi connectivity index (χ1v) is 5.09. The van der Waals surface area contributed by atoms with Crippen LogP contribution in [0.5, 0.6) is 0 Å². The van der Waals surface area contributed by atoms with Gasteiger partial charge >= 0.3 is 0 Å². The average Bonchev–Trinajstić information content (AvgIpc) is 2.25. The lowest BCUT2D eigenvalue weighted by Crippen LogP contribution is -2.30. The van der Waals surface area contributed by atoms with Crippen molar-refractivity contribution in [3.8, 4) is 0 Å². The zero-order valence-corrected chi connectivity index (χ0v) is 9.02. The van der Waals surface area contributed by atoms with Crippen LogP contribution in [0.15, 0.2) is 18.2 Å². The van der Waals surface area contributed by atoms with Crippen molar-refractivity contribution >= 4 is 11.6 Å². The number of benzene rings is 1. The van der Waals surface area contributed by atoms with E-state index in [1.807, 2.05) is 6.92 Å². The molecular formula is C11H14F2N2O. The SMILES string of the molecule is CCCNC(=O)CNc1ccc(F)cc1F. The van der Waals surface area contributed by atoms with Gasteiger partial charge in [-0.3, -0.25) is 4.79 Å². The Bertz CT molecular complexity index is 369. The Morgan fingerprint density at radius 1 is 1.38 bits per heavy atom. The van der Waals surface area contributed by atoms with Crippen molar-refractivity contribution in [1.82, 2.24) is 5.32 Å². The van der Waals surface area contributed by atoms with E-state index in [1.165, 1.54) is 6.07 Å². The number of carbonyl (C=O) groups excluding carboxylic acids is 1. The van der Waals surface area contributed by atoms with Gasteiger partial charge in [-0.25, -0.2) is 8.78 Å². The third kappa shape index (κ3) is 3.84. The molecule has 0 fully saturated rings. The van der Waals surface area contributed by atoms with Gasteiger partial charge in [0.05, 0.1) is 12.2 Å². The number of amides is 1. The van der Waals surface area contributed by atoms with E-state index >= 15 is 0 Å². The minimum atomic E-state index is -0.705. The van der Waals surface area contributed by atoms with Gasteiger partial charge in [0.1, 0.15) is 11.6 Å². The Labute approximate surface area is 92.8 Å². The lowest BCUT2D eigenvalue weighted by Gasteiger charge is -2.07. The smallest absolute Gasteiger partial charge is 0.239 e. The van der Waals surface area contributed by atoms with Gasteiger partial charge in [0.15, 0.2) is 0 Å². The van der Waals surface area contributed by atoms with Crippen molar-refractivity contribution in [2.45, 2.75) is 13.3 Å². The van der Waals surface area contributed by atoms with Crippen molar-refractivity contribution in [3.05, 3.63) is 29.8 Å². The molecule has 0 aliphatic heterocycles. The zero-order valence-electron chi connectivity index (χ0n) is 9.02. The van der Waals surface area contributed by atoms with Gasteiger partial charge in [0.2, 0.25) is 5.91 Å². The van der Waals surface area contributed by atoms with E-state index in [-0.39, 0.29) is 18.1 Å². The fourth-order valence-electron chi connectivity index (χ4n) is 1.14. The number of halogens is 2. The van der Waals surface area contributed by atoms with Gasteiger partial charge in [-0.05, 0) is 18.6 Å². The van der Waals surface area contributed by atoms with Crippen LogP contribution in [-0.2, 0) is 4.79 Å². The van der Waals surface area contributed by atoms with E-state index in [2.05, 4.69) is 10.6 Å². The first kappa shape index (κ1) is 12.4. The standard InChI is InChI=1S/C11H14F2N2O/c1-2-5-14-11(16)7-15-10-4-3-8(12)6-9(10)13/h3-4,6,15H,2,5,7H2,1H3,(H,14,16). The molecule has 1 aromatic rings. The molecule has 0 aliphatic carbocycles. The number of nitrogens with one attached hydrogen (secondary N) is 2. The molecule has 0 heterocycles. The summed E-state index contributed by atoms with van der Waals surface area (Å²) in [5.74, 6) is -1.56. The molecule has 16 heavy (non-hydrogen) atoms. The van der Waals surface area contributed by atoms with Gasteiger partial charge in [0.25, 0.3) is 0 Å². The quantitative estimate of drug-likeness (QED) is 0.808. The van der Waals surface area contributed by atoms with Crippen molar-refractivity contribution in [3.63, 3.8) is 0 Å². The topological polar surface area (TPSA) is 41.1 Å². The van der Waals surface area contributed by atoms with E-state index in [0.717, 1.165) is 18.6 Å². The maximum atomic E-state index is 13.1. The molecule has 0 saturated carbocycles. The molecule has 3 nitrogen and oxygen atoms in total. The van der Waals surface area contributed by atoms with Crippen LogP contribution in [0, 0.1) is 11.6 Å². The molecule has 0 aliphatic rings. The summed E-state index contributed by atoms with van der Waals surface area (Å²) in [7, 11) is 0. The largest absolute Gasteiger partial charge is 0.374 e. The minimum Gasteiger partial charge on any atom is -0.374 e. The highest BCUT2D eigenvalue weighted by Gasteiger charge is 2.05. The monoisotopic (exact) mass is 228 g/mol. The summed E-state index contributed by atoms with van der Waals surface area (Å²) in [6.45, 7) is 2.50. The highest BCUT2D eigenvalue weighted by atomic mass is 19.1. The second kappa shape index (κ2) is 6.05. The van der Waals surface area contributed by atoms with Gasteiger partial charge in [-0.2, -0.15) is 0 Å². The van der Waals surface area contributed by atoms with Crippen molar-refractivity contribution in [2.75, 3.05) is 18.4 Å². The highest BCUT2D eigenvalue weighted by molar-refractivity contribution is 5.80. The summed E-state index contributed by atoms with van der Waals surface area (Å²) in [5, 5.41) is 5.23. The zero-order chi connectivity index (χ0) is 12.0. The van der Waals surface area contributed by atoms with Crippen LogP contribution in [-0.4, -0.2) is 19.0 Å². The molecular weight excluding hydrogens is 214 g/mol. The molecule has 5 heteroatoms. The van der Waals surface area contributed by atoms with Crippen LogP contribution in [0.2, 0.25) is 0 Å². The van der Waals surface area contributed by atoms with Crippen LogP contribution in [0.25, 0.3) is 0 Å². The van der Waals surface area contributed by atoms with E-state index < -0.39 is 11.6 Å². The van der Waals surface area contributed by atoms with E-state index in [1.54, 1.807) is 0 Å². The van der Waals surface area contributed by atoms with Crippen LogP contribution in [0.3, 0.4) is 0 Å². The number of hydrogen-bond acceptors (Lipinski definition) is 2. The first-order chi connectivity index (χ1) is 7.63. The molecule has 0 unspecified atom stereocenters. The van der Waals surface area contributed by atoms with Gasteiger partial charge in [-0.15, -0.1) is 0 Å². The Balaban J connectivity index is 2.45. The Hall–Kier alpha value is -1.65. The number of rotatable bonds is 5. The summed E-state index contributed by atoms with van der Waals surface area (Å²) in [6.07, 6.45) is 0.844. The molecule has 88 valence electrons. The minimum absolute atomic E-state index is 0.0252. The molecule has 0 radical (unpaired) electrons. The summed E-state index contributed by atoms with van der Waals surface area (Å²) < 4.78 is 25.7. The fraction of sp³-hybridized carbons (Fsp3) is 0.364. The molecule has 0 atom stereocenters. The van der Waals surface area contributed by atoms with Gasteiger partial charge in [-0.1, -0.05) is 6.92 Å². The van der Waals surface area contributed by atoms with Crippen molar-refractivity contribution in [1.29, 1.82) is 0 Å². The number of anilines is 1. The highest BCUT2D eigenvalue weighted by Crippen LogP contribution is 2.14. The summed E-state index contributed by atoms with van der Waals surface area (Å²) in [5.41, 5.74) is 0.119. The third-order valence-corrected chi connectivity index (χ3v) is 1.94. The first-order valence-electron chi connectivity index (χ1n) is 5.09. The van der Waals surface area contributed by atoms with Crippen LogP contribution in [0.4, 0.5) is 14.5 Å². The molecule has 1 rings (SSSR count). The molecule has 1 amide bonds. The number of hydrogen-bond donors (Lipinski definition) is 2. The second-order valence-electron chi connectivity index (χ2n) is 3.33. The van der Waals surface area contributed by atoms with Gasteiger partial charge < -0.3 is 10.6 Å². The normalized spacial score (nSPS) is 9.94. The van der Waals surface area contributed by atoms with E-state index in [0.29, 0.717) is 6.54 Å². The summed E-state index contributed by atoms with van der Waals surface area (Å²) in [6, 6.07) is 3.17. The number of carbonyl (C=O) groups is 1. The molecule has 0 bridgehead atoms. The lowest BCUT2D eigenvalue weighted by atomic mass is 10.3. The second-order valence-corrected chi connectivity index (χ2v) is 3.33. The van der Waals surface area contributed by atoms with Crippen molar-refractivity contribution in [2.24, 2.45) is 0 Å². The van der Waals surface area contributed by atoms with Crippen LogP contribution >= 0.6 is 0 Å². The predicted molar refractivity (Wildman–Crippen MR) is 58.1 cm³/mol. The molecule has 0 spiro atoms. The maximum Gasteiger partial charge on any atom is 0.239 e. The van der Waals surface area contributed by atoms with Crippen LogP contribution in [0.1, 0.15) is 13.3 Å². The average molecular weight is 228 g/mol. The Morgan fingerprint density at radius 3 is 2.75 bits per heavy atom. The maximum absolute atomic E-state index is 13.1. The predicted octanol–water partition coefficient (Wildman–Crippen LogP) is 1.90. The Morgan fingerprint density at radius 2 is 2.12 bits per heavy atom. The van der Waals surface area contributed by atoms with Crippen molar-refractivity contribution < 1.29 is 13.6 Å². The molecule has 0 saturated heterocycles.